The molecule has 1 N–H and O–H groups in total. The van der Waals surface area contributed by atoms with Crippen LogP contribution in [-0.4, -0.2) is 64.8 Å². The molecule has 0 spiro atoms. The fourth-order valence-corrected chi connectivity index (χ4v) is 5.38. The predicted octanol–water partition coefficient (Wildman–Crippen LogP) is 2.22. The zero-order chi connectivity index (χ0) is 22.0. The van der Waals surface area contributed by atoms with Crippen molar-refractivity contribution < 1.29 is 14.6 Å². The zero-order valence-corrected chi connectivity index (χ0v) is 19.3. The Bertz CT molecular complexity index is 1000. The summed E-state index contributed by atoms with van der Waals surface area (Å²) >= 11 is 1.95. The molecule has 3 heterocycles. The molecule has 31 heavy (non-hydrogen) atoms. The summed E-state index contributed by atoms with van der Waals surface area (Å²) in [6, 6.07) is 5.70. The number of benzene rings is 1. The van der Waals surface area contributed by atoms with Crippen LogP contribution in [0.1, 0.15) is 22.5 Å². The molecular formula is C23H31N3O4S. The lowest BCUT2D eigenvalue weighted by Crippen LogP contribution is -2.35. The molecule has 1 aromatic carbocycles. The van der Waals surface area contributed by atoms with E-state index in [0.717, 1.165) is 61.3 Å². The Labute approximate surface area is 187 Å². The molecule has 8 heteroatoms. The molecule has 0 unspecified atom stereocenters. The number of aromatic hydroxyl groups is 1. The highest BCUT2D eigenvalue weighted by atomic mass is 32.2. The van der Waals surface area contributed by atoms with Crippen LogP contribution < -0.4 is 14.9 Å². The lowest BCUT2D eigenvalue weighted by atomic mass is 9.98. The quantitative estimate of drug-likeness (QED) is 0.731. The van der Waals surface area contributed by atoms with Gasteiger partial charge in [0.2, 0.25) is 5.43 Å². The van der Waals surface area contributed by atoms with E-state index in [9.17, 15) is 9.90 Å². The van der Waals surface area contributed by atoms with Crippen LogP contribution in [-0.2, 0) is 33.1 Å². The van der Waals surface area contributed by atoms with Crippen LogP contribution in [0.15, 0.2) is 23.0 Å². The maximum absolute atomic E-state index is 12.5. The van der Waals surface area contributed by atoms with Crippen LogP contribution in [0, 0.1) is 0 Å². The minimum atomic E-state index is -0.293. The third-order valence-electron chi connectivity index (χ3n) is 6.30. The molecule has 0 aliphatic carbocycles. The van der Waals surface area contributed by atoms with E-state index in [1.165, 1.54) is 11.1 Å². The van der Waals surface area contributed by atoms with Gasteiger partial charge in [0.05, 0.1) is 19.9 Å². The Balaban J connectivity index is 1.55. The highest BCUT2D eigenvalue weighted by Crippen LogP contribution is 2.33. The van der Waals surface area contributed by atoms with Gasteiger partial charge in [-0.2, -0.15) is 11.8 Å². The van der Waals surface area contributed by atoms with Gasteiger partial charge < -0.3 is 19.1 Å². The molecular weight excluding hydrogens is 414 g/mol. The van der Waals surface area contributed by atoms with Crippen molar-refractivity contribution in [3.05, 3.63) is 50.9 Å². The van der Waals surface area contributed by atoms with E-state index in [4.69, 9.17) is 9.47 Å². The van der Waals surface area contributed by atoms with Gasteiger partial charge in [0.15, 0.2) is 17.2 Å². The van der Waals surface area contributed by atoms with Crippen LogP contribution in [0.2, 0.25) is 0 Å². The third kappa shape index (κ3) is 4.71. The van der Waals surface area contributed by atoms with Gasteiger partial charge >= 0.3 is 0 Å². The van der Waals surface area contributed by atoms with Gasteiger partial charge in [0.1, 0.15) is 0 Å². The molecule has 1 saturated heterocycles. The van der Waals surface area contributed by atoms with Crippen LogP contribution in [0.5, 0.6) is 17.2 Å². The molecule has 0 bridgehead atoms. The van der Waals surface area contributed by atoms with E-state index in [-0.39, 0.29) is 11.2 Å². The lowest BCUT2D eigenvalue weighted by Gasteiger charge is -2.31. The summed E-state index contributed by atoms with van der Waals surface area (Å²) in [7, 11) is 5.26. The summed E-state index contributed by atoms with van der Waals surface area (Å²) in [4.78, 5) is 17.2. The van der Waals surface area contributed by atoms with Crippen molar-refractivity contribution in [3.8, 4) is 17.2 Å². The lowest BCUT2D eigenvalue weighted by molar-refractivity contribution is 0.235. The monoisotopic (exact) mass is 445 g/mol. The average molecular weight is 446 g/mol. The number of rotatable bonds is 6. The van der Waals surface area contributed by atoms with Gasteiger partial charge in [-0.15, -0.1) is 0 Å². The molecule has 4 rings (SSSR count). The molecule has 0 radical (unpaired) electrons. The first-order chi connectivity index (χ1) is 15.0. The minimum absolute atomic E-state index is 0.120. The number of pyridine rings is 1. The van der Waals surface area contributed by atoms with Crippen molar-refractivity contribution in [2.24, 2.45) is 7.05 Å². The summed E-state index contributed by atoms with van der Waals surface area (Å²) in [5, 5.41) is 10.5. The van der Waals surface area contributed by atoms with Gasteiger partial charge in [0.25, 0.3) is 0 Å². The summed E-state index contributed by atoms with van der Waals surface area (Å²) in [5.41, 5.74) is 3.83. The minimum Gasteiger partial charge on any atom is -0.503 e. The van der Waals surface area contributed by atoms with E-state index in [1.807, 2.05) is 23.4 Å². The highest BCUT2D eigenvalue weighted by molar-refractivity contribution is 7.99. The number of hydrogen-bond acceptors (Lipinski definition) is 7. The number of thioether (sulfide) groups is 1. The number of fused-ring (bicyclic) bond motifs is 1. The van der Waals surface area contributed by atoms with Crippen molar-refractivity contribution >= 4 is 11.8 Å². The van der Waals surface area contributed by atoms with E-state index in [0.29, 0.717) is 18.8 Å². The maximum Gasteiger partial charge on any atom is 0.223 e. The topological polar surface area (TPSA) is 67.2 Å². The Morgan fingerprint density at radius 3 is 2.32 bits per heavy atom. The summed E-state index contributed by atoms with van der Waals surface area (Å²) in [5.74, 6) is 3.56. The average Bonchev–Trinajstić information content (AvgIpc) is 2.80. The normalized spacial score (nSPS) is 17.4. The first kappa shape index (κ1) is 22.0. The molecule has 2 aromatic rings. The van der Waals surface area contributed by atoms with Crippen LogP contribution >= 0.6 is 11.8 Å². The zero-order valence-electron chi connectivity index (χ0n) is 18.5. The first-order valence-electron chi connectivity index (χ1n) is 10.7. The highest BCUT2D eigenvalue weighted by Gasteiger charge is 2.22. The van der Waals surface area contributed by atoms with Gasteiger partial charge in [-0.1, -0.05) is 0 Å². The van der Waals surface area contributed by atoms with Crippen LogP contribution in [0.25, 0.3) is 0 Å². The van der Waals surface area contributed by atoms with E-state index < -0.39 is 0 Å². The molecule has 0 atom stereocenters. The van der Waals surface area contributed by atoms with E-state index in [2.05, 4.69) is 21.9 Å². The van der Waals surface area contributed by atoms with Gasteiger partial charge in [-0.25, -0.2) is 0 Å². The largest absolute Gasteiger partial charge is 0.503 e. The van der Waals surface area contributed by atoms with Crippen molar-refractivity contribution in [1.82, 2.24) is 14.4 Å². The van der Waals surface area contributed by atoms with Crippen molar-refractivity contribution in [2.45, 2.75) is 26.1 Å². The molecule has 0 saturated carbocycles. The summed E-state index contributed by atoms with van der Waals surface area (Å²) in [6.07, 6.45) is 0.917. The predicted molar refractivity (Wildman–Crippen MR) is 123 cm³/mol. The Kier molecular flexibility index (Phi) is 6.79. The molecule has 7 nitrogen and oxygen atoms in total. The fraction of sp³-hybridized carbons (Fsp3) is 0.522. The fourth-order valence-electron chi connectivity index (χ4n) is 4.40. The van der Waals surface area contributed by atoms with E-state index >= 15 is 0 Å². The van der Waals surface area contributed by atoms with Gasteiger partial charge in [-0.3, -0.25) is 14.6 Å². The molecule has 0 amide bonds. The second-order valence-electron chi connectivity index (χ2n) is 8.18. The second kappa shape index (κ2) is 9.54. The summed E-state index contributed by atoms with van der Waals surface area (Å²) in [6.45, 7) is 4.90. The Morgan fingerprint density at radius 1 is 0.968 bits per heavy atom. The molecule has 1 aromatic heterocycles. The maximum atomic E-state index is 12.5. The second-order valence-corrected chi connectivity index (χ2v) is 9.40. The standard InChI is InChI=1S/C23H31N3O4S/c1-24-18(12-20(27)23(28)19(24)15-25-6-8-31-9-7-25)14-26-5-4-16-10-21(29-2)22(30-3)11-17(16)13-26/h10-12,28H,4-9,13-15H2,1-3H3. The van der Waals surface area contributed by atoms with Crippen LogP contribution in [0.4, 0.5) is 0 Å². The number of hydrogen-bond donors (Lipinski definition) is 1. The number of methoxy groups -OCH3 is 2. The number of aromatic nitrogens is 1. The Morgan fingerprint density at radius 2 is 1.65 bits per heavy atom. The van der Waals surface area contributed by atoms with Crippen molar-refractivity contribution in [1.29, 1.82) is 0 Å². The summed E-state index contributed by atoms with van der Waals surface area (Å²) < 4.78 is 12.9. The molecule has 2 aliphatic heterocycles. The van der Waals surface area contributed by atoms with Crippen molar-refractivity contribution in [2.75, 3.05) is 45.4 Å². The molecule has 2 aliphatic rings. The molecule has 168 valence electrons. The first-order valence-corrected chi connectivity index (χ1v) is 11.8. The van der Waals surface area contributed by atoms with Gasteiger partial charge in [0, 0.05) is 69.6 Å². The Hall–Kier alpha value is -2.16. The number of nitrogens with zero attached hydrogens (tertiary/aromatic N) is 3. The third-order valence-corrected chi connectivity index (χ3v) is 7.24. The number of ether oxygens (including phenoxy) is 2. The van der Waals surface area contributed by atoms with Crippen molar-refractivity contribution in [3.63, 3.8) is 0 Å². The van der Waals surface area contributed by atoms with E-state index in [1.54, 1.807) is 20.3 Å². The van der Waals surface area contributed by atoms with Crippen LogP contribution in [0.3, 0.4) is 0 Å². The SMILES string of the molecule is COc1cc2c(cc1OC)CN(Cc1cc(=O)c(O)c(CN3CCSCC3)n1C)CC2. The van der Waals surface area contributed by atoms with Gasteiger partial charge in [-0.05, 0) is 29.7 Å². The smallest absolute Gasteiger partial charge is 0.223 e. The molecule has 1 fully saturated rings.